The fraction of sp³-hybridized carbons (Fsp3) is 0.412. The number of carboxylic acid groups (broad SMARTS) is 1. The lowest BCUT2D eigenvalue weighted by Crippen LogP contribution is -2.45. The fourth-order valence-corrected chi connectivity index (χ4v) is 2.81. The maximum Gasteiger partial charge on any atom is 0.410 e. The van der Waals surface area contributed by atoms with E-state index in [0.717, 1.165) is 11.1 Å². The van der Waals surface area contributed by atoms with Gasteiger partial charge in [0.25, 0.3) is 0 Å². The lowest BCUT2D eigenvalue weighted by Gasteiger charge is -2.35. The number of benzene rings is 1. The van der Waals surface area contributed by atoms with E-state index in [-0.39, 0.29) is 19.1 Å². The Hall–Kier alpha value is -2.30. The molecule has 118 valence electrons. The van der Waals surface area contributed by atoms with Crippen LogP contribution in [0.2, 0.25) is 0 Å². The van der Waals surface area contributed by atoms with E-state index in [0.29, 0.717) is 13.0 Å². The molecule has 1 N–H and O–H groups in total. The Morgan fingerprint density at radius 2 is 2.23 bits per heavy atom. The predicted molar refractivity (Wildman–Crippen MR) is 82.8 cm³/mol. The molecule has 2 rings (SSSR count). The van der Waals surface area contributed by atoms with E-state index in [4.69, 9.17) is 4.74 Å². The first-order chi connectivity index (χ1) is 10.5. The highest BCUT2D eigenvalue weighted by molar-refractivity contribution is 5.73. The molecule has 1 aromatic rings. The molecule has 0 bridgehead atoms. The highest BCUT2D eigenvalue weighted by Crippen LogP contribution is 2.31. The molecule has 5 nitrogen and oxygen atoms in total. The van der Waals surface area contributed by atoms with Crippen molar-refractivity contribution in [2.24, 2.45) is 5.92 Å². The highest BCUT2D eigenvalue weighted by atomic mass is 16.6. The molecule has 2 atom stereocenters. The van der Waals surface area contributed by atoms with Gasteiger partial charge in [0.05, 0.1) is 5.92 Å². The van der Waals surface area contributed by atoms with Gasteiger partial charge < -0.3 is 14.7 Å². The molecule has 1 aromatic carbocycles. The minimum absolute atomic E-state index is 0.00558. The van der Waals surface area contributed by atoms with Crippen LogP contribution in [0.25, 0.3) is 0 Å². The molecule has 0 saturated carbocycles. The number of carbonyl (C=O) groups is 2. The molecule has 0 radical (unpaired) electrons. The Morgan fingerprint density at radius 1 is 1.45 bits per heavy atom. The van der Waals surface area contributed by atoms with Gasteiger partial charge in [-0.2, -0.15) is 0 Å². The van der Waals surface area contributed by atoms with Crippen molar-refractivity contribution in [1.29, 1.82) is 0 Å². The number of aliphatic carboxylic acids is 1. The van der Waals surface area contributed by atoms with Crippen LogP contribution in [0.15, 0.2) is 36.9 Å². The van der Waals surface area contributed by atoms with Crippen molar-refractivity contribution in [3.63, 3.8) is 0 Å². The summed E-state index contributed by atoms with van der Waals surface area (Å²) in [5.41, 5.74) is 2.18. The summed E-state index contributed by atoms with van der Waals surface area (Å²) in [6.07, 6.45) is 1.54. The lowest BCUT2D eigenvalue weighted by molar-refractivity contribution is -0.143. The molecule has 1 aliphatic rings. The van der Waals surface area contributed by atoms with Crippen molar-refractivity contribution < 1.29 is 19.4 Å². The van der Waals surface area contributed by atoms with Crippen LogP contribution in [0.1, 0.15) is 23.5 Å². The van der Waals surface area contributed by atoms with Crippen LogP contribution in [-0.2, 0) is 9.53 Å². The van der Waals surface area contributed by atoms with Crippen LogP contribution in [-0.4, -0.2) is 41.8 Å². The Bertz CT molecular complexity index is 570. The standard InChI is InChI=1S/C17H21NO4/c1-3-7-22-17(21)18-10-14(9-15(11-18)16(19)20)13-6-4-5-12(2)8-13/h3-6,8,14-15H,1,7,9-11H2,2H3,(H,19,20). The van der Waals surface area contributed by atoms with Gasteiger partial charge >= 0.3 is 12.1 Å². The zero-order valence-electron chi connectivity index (χ0n) is 12.7. The summed E-state index contributed by atoms with van der Waals surface area (Å²) in [4.78, 5) is 24.9. The quantitative estimate of drug-likeness (QED) is 0.869. The van der Waals surface area contributed by atoms with E-state index in [2.05, 4.69) is 6.58 Å². The molecule has 1 saturated heterocycles. The number of amides is 1. The average Bonchev–Trinajstić information content (AvgIpc) is 2.52. The summed E-state index contributed by atoms with van der Waals surface area (Å²) in [6.45, 7) is 6.29. The largest absolute Gasteiger partial charge is 0.481 e. The topological polar surface area (TPSA) is 66.8 Å². The smallest absolute Gasteiger partial charge is 0.410 e. The number of carbonyl (C=O) groups excluding carboxylic acids is 1. The SMILES string of the molecule is C=CCOC(=O)N1CC(C(=O)O)CC(c2cccc(C)c2)C1. The third kappa shape index (κ3) is 3.87. The number of hydrogen-bond donors (Lipinski definition) is 1. The molecule has 1 fully saturated rings. The van der Waals surface area contributed by atoms with Crippen LogP contribution in [0.3, 0.4) is 0 Å². The molecule has 22 heavy (non-hydrogen) atoms. The van der Waals surface area contributed by atoms with Gasteiger partial charge in [-0.05, 0) is 18.9 Å². The Labute approximate surface area is 130 Å². The molecular weight excluding hydrogens is 282 g/mol. The van der Waals surface area contributed by atoms with Crippen molar-refractivity contribution in [3.05, 3.63) is 48.0 Å². The molecule has 1 amide bonds. The second-order valence-electron chi connectivity index (χ2n) is 5.65. The van der Waals surface area contributed by atoms with Crippen LogP contribution < -0.4 is 0 Å². The van der Waals surface area contributed by atoms with E-state index in [1.165, 1.54) is 11.0 Å². The monoisotopic (exact) mass is 303 g/mol. The lowest BCUT2D eigenvalue weighted by atomic mass is 9.84. The number of carboxylic acids is 1. The molecule has 0 aliphatic carbocycles. The third-order valence-corrected chi connectivity index (χ3v) is 3.90. The summed E-state index contributed by atoms with van der Waals surface area (Å²) in [5, 5.41) is 9.34. The van der Waals surface area contributed by atoms with Crippen molar-refractivity contribution in [2.45, 2.75) is 19.3 Å². The number of likely N-dealkylation sites (tertiary alicyclic amines) is 1. The van der Waals surface area contributed by atoms with E-state index < -0.39 is 18.0 Å². The normalized spacial score (nSPS) is 21.2. The Balaban J connectivity index is 2.17. The van der Waals surface area contributed by atoms with E-state index in [1.807, 2.05) is 31.2 Å². The van der Waals surface area contributed by atoms with Gasteiger partial charge in [-0.3, -0.25) is 4.79 Å². The Morgan fingerprint density at radius 3 is 2.86 bits per heavy atom. The van der Waals surface area contributed by atoms with E-state index >= 15 is 0 Å². The molecular formula is C17H21NO4. The third-order valence-electron chi connectivity index (χ3n) is 3.90. The zero-order valence-corrected chi connectivity index (χ0v) is 12.7. The molecule has 5 heteroatoms. The minimum Gasteiger partial charge on any atom is -0.481 e. The van der Waals surface area contributed by atoms with Crippen LogP contribution in [0.4, 0.5) is 4.79 Å². The summed E-state index contributed by atoms with van der Waals surface area (Å²) in [6, 6.07) is 7.98. The summed E-state index contributed by atoms with van der Waals surface area (Å²) < 4.78 is 5.04. The molecule has 1 aliphatic heterocycles. The van der Waals surface area contributed by atoms with Crippen molar-refractivity contribution in [3.8, 4) is 0 Å². The van der Waals surface area contributed by atoms with Gasteiger partial charge in [0.2, 0.25) is 0 Å². The highest BCUT2D eigenvalue weighted by Gasteiger charge is 2.35. The van der Waals surface area contributed by atoms with Gasteiger partial charge in [0.15, 0.2) is 0 Å². The fourth-order valence-electron chi connectivity index (χ4n) is 2.81. The predicted octanol–water partition coefficient (Wildman–Crippen LogP) is 2.81. The molecule has 2 unspecified atom stereocenters. The first kappa shape index (κ1) is 16.1. The van der Waals surface area contributed by atoms with Gasteiger partial charge in [0.1, 0.15) is 6.61 Å². The van der Waals surface area contributed by atoms with Crippen LogP contribution in [0.5, 0.6) is 0 Å². The number of nitrogens with zero attached hydrogens (tertiary/aromatic N) is 1. The number of aryl methyl sites for hydroxylation is 1. The summed E-state index contributed by atoms with van der Waals surface area (Å²) in [7, 11) is 0. The number of ether oxygens (including phenoxy) is 1. The zero-order chi connectivity index (χ0) is 16.1. The summed E-state index contributed by atoms with van der Waals surface area (Å²) in [5.74, 6) is -1.44. The maximum atomic E-state index is 12.0. The van der Waals surface area contributed by atoms with Crippen molar-refractivity contribution >= 4 is 12.1 Å². The van der Waals surface area contributed by atoms with Gasteiger partial charge in [-0.15, -0.1) is 0 Å². The van der Waals surface area contributed by atoms with E-state index in [9.17, 15) is 14.7 Å². The van der Waals surface area contributed by atoms with Gasteiger partial charge in [0, 0.05) is 19.0 Å². The van der Waals surface area contributed by atoms with Crippen LogP contribution in [0, 0.1) is 12.8 Å². The van der Waals surface area contributed by atoms with Crippen molar-refractivity contribution in [1.82, 2.24) is 4.90 Å². The average molecular weight is 303 g/mol. The van der Waals surface area contributed by atoms with Gasteiger partial charge in [-0.25, -0.2) is 4.79 Å². The Kier molecular flexibility index (Phi) is 5.20. The summed E-state index contributed by atoms with van der Waals surface area (Å²) >= 11 is 0. The number of rotatable bonds is 4. The molecule has 0 aromatic heterocycles. The van der Waals surface area contributed by atoms with E-state index in [1.54, 1.807) is 0 Å². The maximum absolute atomic E-state index is 12.0. The number of piperidine rings is 1. The number of hydrogen-bond acceptors (Lipinski definition) is 3. The molecule has 0 spiro atoms. The minimum atomic E-state index is -0.876. The first-order valence-electron chi connectivity index (χ1n) is 7.33. The van der Waals surface area contributed by atoms with Crippen molar-refractivity contribution in [2.75, 3.05) is 19.7 Å². The molecule has 1 heterocycles. The second kappa shape index (κ2) is 7.11. The first-order valence-corrected chi connectivity index (χ1v) is 7.33. The van der Waals surface area contributed by atoms with Gasteiger partial charge in [-0.1, -0.05) is 42.5 Å². The van der Waals surface area contributed by atoms with Crippen LogP contribution >= 0.6 is 0 Å². The second-order valence-corrected chi connectivity index (χ2v) is 5.65.